The Kier molecular flexibility index (Phi) is 8.83. The Morgan fingerprint density at radius 2 is 2.06 bits per heavy atom. The molecule has 0 spiro atoms. The molecule has 4 nitrogen and oxygen atoms in total. The minimum atomic E-state index is 0.109. The maximum atomic E-state index is 12.5. The number of nitrogens with zero attached hydrogens (tertiary/aromatic N) is 2. The lowest BCUT2D eigenvalue weighted by atomic mass is 9.99. The van der Waals surface area contributed by atoms with Crippen LogP contribution in [-0.4, -0.2) is 28.9 Å². The van der Waals surface area contributed by atoms with Gasteiger partial charge in [-0.25, -0.2) is 4.98 Å². The zero-order chi connectivity index (χ0) is 23.8. The first-order valence-electron chi connectivity index (χ1n) is 12.0. The summed E-state index contributed by atoms with van der Waals surface area (Å²) in [4.78, 5) is 21.7. The van der Waals surface area contributed by atoms with E-state index in [2.05, 4.69) is 56.3 Å². The number of carbonyl (C=O) groups is 1. The van der Waals surface area contributed by atoms with Gasteiger partial charge in [-0.15, -0.1) is 11.3 Å². The number of amides is 1. The number of hydrogen-bond acceptors (Lipinski definition) is 5. The molecular weight excluding hydrogens is 460 g/mol. The first kappa shape index (κ1) is 24.6. The van der Waals surface area contributed by atoms with Crippen molar-refractivity contribution in [2.24, 2.45) is 0 Å². The molecule has 0 fully saturated rings. The maximum absolute atomic E-state index is 12.5. The fourth-order valence-corrected chi connectivity index (χ4v) is 6.16. The molecule has 1 aromatic heterocycles. The van der Waals surface area contributed by atoms with E-state index in [1.54, 1.807) is 29.2 Å². The Morgan fingerprint density at radius 3 is 2.88 bits per heavy atom. The van der Waals surface area contributed by atoms with E-state index in [9.17, 15) is 4.79 Å². The van der Waals surface area contributed by atoms with Gasteiger partial charge < -0.3 is 9.64 Å². The fraction of sp³-hybridized carbons (Fsp3) is 0.357. The summed E-state index contributed by atoms with van der Waals surface area (Å²) in [6.45, 7) is 6.27. The molecule has 0 N–H and O–H groups in total. The van der Waals surface area contributed by atoms with E-state index >= 15 is 0 Å². The minimum absolute atomic E-state index is 0.109. The van der Waals surface area contributed by atoms with Crippen molar-refractivity contribution in [2.45, 2.75) is 61.7 Å². The van der Waals surface area contributed by atoms with Crippen LogP contribution in [-0.2, 0) is 24.2 Å². The molecule has 34 heavy (non-hydrogen) atoms. The number of hydrogen-bond donors (Lipinski definition) is 0. The summed E-state index contributed by atoms with van der Waals surface area (Å²) >= 11 is 3.45. The van der Waals surface area contributed by atoms with E-state index < -0.39 is 0 Å². The standard InChI is InChI=1S/C28H32N2O2S2/c1-3-4-5-9-12-27(31)30-17-15-22-13-14-24(19-23(22)20-30)32-18-16-26-21(2)29-28(34-26)33-25-10-7-6-8-11-25/h6-14,19H,3-5,15-18,20H2,1-2H3. The number of allylic oxidation sites excluding steroid dienone is 1. The van der Waals surface area contributed by atoms with Crippen molar-refractivity contribution in [1.29, 1.82) is 0 Å². The summed E-state index contributed by atoms with van der Waals surface area (Å²) in [6.07, 6.45) is 8.72. The van der Waals surface area contributed by atoms with Gasteiger partial charge in [0.2, 0.25) is 5.91 Å². The van der Waals surface area contributed by atoms with Gasteiger partial charge in [0.05, 0.1) is 12.3 Å². The van der Waals surface area contributed by atoms with Gasteiger partial charge in [-0.3, -0.25) is 4.79 Å². The van der Waals surface area contributed by atoms with Crippen LogP contribution in [0.4, 0.5) is 0 Å². The van der Waals surface area contributed by atoms with E-state index in [0.717, 1.165) is 54.4 Å². The largest absolute Gasteiger partial charge is 0.493 e. The summed E-state index contributed by atoms with van der Waals surface area (Å²) in [7, 11) is 0. The lowest BCUT2D eigenvalue weighted by Gasteiger charge is -2.28. The summed E-state index contributed by atoms with van der Waals surface area (Å²) in [5.74, 6) is 0.977. The van der Waals surface area contributed by atoms with Crippen molar-refractivity contribution in [3.8, 4) is 5.75 Å². The molecule has 1 aliphatic rings. The molecule has 2 aromatic carbocycles. The predicted octanol–water partition coefficient (Wildman–Crippen LogP) is 6.86. The highest BCUT2D eigenvalue weighted by molar-refractivity contribution is 8.01. The molecule has 0 unspecified atom stereocenters. The van der Waals surface area contributed by atoms with Gasteiger partial charge in [-0.1, -0.05) is 61.9 Å². The first-order chi connectivity index (χ1) is 16.6. The Morgan fingerprint density at radius 1 is 1.21 bits per heavy atom. The maximum Gasteiger partial charge on any atom is 0.246 e. The lowest BCUT2D eigenvalue weighted by Crippen LogP contribution is -2.34. The van der Waals surface area contributed by atoms with Gasteiger partial charge in [-0.05, 0) is 61.2 Å². The highest BCUT2D eigenvalue weighted by Crippen LogP contribution is 2.33. The molecule has 1 amide bonds. The molecule has 0 radical (unpaired) electrons. The van der Waals surface area contributed by atoms with Crippen molar-refractivity contribution in [1.82, 2.24) is 9.88 Å². The van der Waals surface area contributed by atoms with Gasteiger partial charge >= 0.3 is 0 Å². The van der Waals surface area contributed by atoms with E-state index in [4.69, 9.17) is 9.72 Å². The van der Waals surface area contributed by atoms with Crippen molar-refractivity contribution < 1.29 is 9.53 Å². The molecule has 0 atom stereocenters. The molecule has 178 valence electrons. The number of aromatic nitrogens is 1. The van der Waals surface area contributed by atoms with E-state index in [1.807, 2.05) is 17.0 Å². The van der Waals surface area contributed by atoms with Gasteiger partial charge in [0.15, 0.2) is 4.34 Å². The van der Waals surface area contributed by atoms with Crippen LogP contribution in [0.2, 0.25) is 0 Å². The summed E-state index contributed by atoms with van der Waals surface area (Å²) in [5, 5.41) is 0. The number of rotatable bonds is 10. The molecule has 2 heterocycles. The van der Waals surface area contributed by atoms with Gasteiger partial charge in [0.1, 0.15) is 5.75 Å². The molecule has 0 bridgehead atoms. The van der Waals surface area contributed by atoms with Crippen LogP contribution in [0.15, 0.2) is 69.9 Å². The highest BCUT2D eigenvalue weighted by atomic mass is 32.2. The third kappa shape index (κ3) is 6.73. The second kappa shape index (κ2) is 12.2. The predicted molar refractivity (Wildman–Crippen MR) is 141 cm³/mol. The third-order valence-electron chi connectivity index (χ3n) is 5.91. The summed E-state index contributed by atoms with van der Waals surface area (Å²) < 4.78 is 7.17. The van der Waals surface area contributed by atoms with Gasteiger partial charge in [-0.2, -0.15) is 0 Å². The highest BCUT2D eigenvalue weighted by Gasteiger charge is 2.19. The van der Waals surface area contributed by atoms with Crippen LogP contribution in [0.5, 0.6) is 5.75 Å². The number of fused-ring (bicyclic) bond motifs is 1. The lowest BCUT2D eigenvalue weighted by molar-refractivity contribution is -0.126. The number of ether oxygens (including phenoxy) is 1. The summed E-state index contributed by atoms with van der Waals surface area (Å²) in [6, 6.07) is 16.7. The molecule has 3 aromatic rings. The van der Waals surface area contributed by atoms with Crippen molar-refractivity contribution in [3.05, 3.63) is 82.4 Å². The molecular formula is C28H32N2O2S2. The fourth-order valence-electron chi connectivity index (χ4n) is 3.95. The molecule has 1 aliphatic heterocycles. The molecule has 6 heteroatoms. The Labute approximate surface area is 211 Å². The van der Waals surface area contributed by atoms with Crippen LogP contribution < -0.4 is 4.74 Å². The van der Waals surface area contributed by atoms with Crippen molar-refractivity contribution in [2.75, 3.05) is 13.2 Å². The van der Waals surface area contributed by atoms with Crippen molar-refractivity contribution in [3.63, 3.8) is 0 Å². The van der Waals surface area contributed by atoms with Gasteiger partial charge in [0.25, 0.3) is 0 Å². The van der Waals surface area contributed by atoms with Gasteiger partial charge in [0, 0.05) is 29.3 Å². The van der Waals surface area contributed by atoms with Crippen LogP contribution in [0.25, 0.3) is 0 Å². The molecule has 0 saturated carbocycles. The second-order valence-corrected chi connectivity index (χ2v) is 10.9. The third-order valence-corrected chi connectivity index (χ3v) is 8.19. The minimum Gasteiger partial charge on any atom is -0.493 e. The topological polar surface area (TPSA) is 42.4 Å². The van der Waals surface area contributed by atoms with E-state index in [1.165, 1.54) is 20.9 Å². The zero-order valence-corrected chi connectivity index (χ0v) is 21.6. The molecule has 0 saturated heterocycles. The first-order valence-corrected chi connectivity index (χ1v) is 13.6. The average molecular weight is 493 g/mol. The van der Waals surface area contributed by atoms with E-state index in [-0.39, 0.29) is 5.91 Å². The number of carbonyl (C=O) groups excluding carboxylic acids is 1. The number of benzene rings is 2. The molecule has 0 aliphatic carbocycles. The SMILES string of the molecule is CCCCC=CC(=O)N1CCc2ccc(OCCc3sc(Sc4ccccc4)nc3C)cc2C1. The zero-order valence-electron chi connectivity index (χ0n) is 20.0. The second-order valence-electron chi connectivity index (χ2n) is 8.49. The van der Waals surface area contributed by atoms with Crippen molar-refractivity contribution >= 4 is 29.0 Å². The monoisotopic (exact) mass is 492 g/mol. The Bertz CT molecular complexity index is 1120. The molecule has 4 rings (SSSR count). The van der Waals surface area contributed by atoms with Crippen LogP contribution in [0, 0.1) is 6.92 Å². The smallest absolute Gasteiger partial charge is 0.246 e. The van der Waals surface area contributed by atoms with Crippen LogP contribution in [0.1, 0.15) is 47.9 Å². The van der Waals surface area contributed by atoms with Crippen LogP contribution in [0.3, 0.4) is 0 Å². The number of thiazole rings is 1. The Balaban J connectivity index is 1.30. The number of aryl methyl sites for hydroxylation is 1. The summed E-state index contributed by atoms with van der Waals surface area (Å²) in [5.41, 5.74) is 3.58. The normalized spacial score (nSPS) is 13.3. The quantitative estimate of drug-likeness (QED) is 0.229. The Hall–Kier alpha value is -2.57. The van der Waals surface area contributed by atoms with E-state index in [0.29, 0.717) is 13.2 Å². The number of unbranched alkanes of at least 4 members (excludes halogenated alkanes) is 2. The van der Waals surface area contributed by atoms with Crippen LogP contribution >= 0.6 is 23.1 Å². The average Bonchev–Trinajstić information content (AvgIpc) is 3.20.